The van der Waals surface area contributed by atoms with Crippen molar-refractivity contribution in [3.05, 3.63) is 48.4 Å². The van der Waals surface area contributed by atoms with Crippen LogP contribution in [0.2, 0.25) is 0 Å². The molecule has 2 aliphatic heterocycles. The minimum Gasteiger partial charge on any atom is -0.370 e. The first kappa shape index (κ1) is 22.5. The lowest BCUT2D eigenvalue weighted by Crippen LogP contribution is -2.47. The maximum atomic E-state index is 4.78. The molecule has 2 saturated heterocycles. The fraction of sp³-hybridized carbons (Fsp3) is 0.556. The summed E-state index contributed by atoms with van der Waals surface area (Å²) in [6.07, 6.45) is 14.8. The molecule has 35 heavy (non-hydrogen) atoms. The lowest BCUT2D eigenvalue weighted by molar-refractivity contribution is 0.280. The van der Waals surface area contributed by atoms with E-state index in [4.69, 9.17) is 4.98 Å². The van der Waals surface area contributed by atoms with Crippen LogP contribution in [0.4, 0.5) is 11.5 Å². The second-order valence-electron chi connectivity index (χ2n) is 10.4. The molecule has 1 unspecified atom stereocenters. The van der Waals surface area contributed by atoms with Crippen molar-refractivity contribution in [1.82, 2.24) is 30.3 Å². The van der Waals surface area contributed by atoms with Crippen molar-refractivity contribution in [2.45, 2.75) is 57.5 Å². The van der Waals surface area contributed by atoms with Crippen LogP contribution < -0.4 is 15.1 Å². The second kappa shape index (κ2) is 10.3. The van der Waals surface area contributed by atoms with Crippen LogP contribution in [0.5, 0.6) is 0 Å². The molecule has 6 rings (SSSR count). The van der Waals surface area contributed by atoms with Crippen LogP contribution in [0.3, 0.4) is 0 Å². The van der Waals surface area contributed by atoms with Crippen LogP contribution in [0.25, 0.3) is 11.4 Å². The molecule has 8 heteroatoms. The summed E-state index contributed by atoms with van der Waals surface area (Å²) >= 11 is 0. The summed E-state index contributed by atoms with van der Waals surface area (Å²) in [6.45, 7) is 6.25. The monoisotopic (exact) mass is 472 g/mol. The molecule has 1 N–H and O–H groups in total. The molecule has 1 aromatic carbocycles. The van der Waals surface area contributed by atoms with Crippen molar-refractivity contribution < 1.29 is 0 Å². The lowest BCUT2D eigenvalue weighted by atomic mass is 9.85. The average Bonchev–Trinajstić information content (AvgIpc) is 3.57. The van der Waals surface area contributed by atoms with Gasteiger partial charge in [0, 0.05) is 37.9 Å². The number of nitrogens with one attached hydrogen (secondary N) is 1. The summed E-state index contributed by atoms with van der Waals surface area (Å²) in [6, 6.07) is 9.56. The Labute approximate surface area is 207 Å². The second-order valence-corrected chi connectivity index (χ2v) is 10.4. The van der Waals surface area contributed by atoms with Gasteiger partial charge in [0.2, 0.25) is 0 Å². The van der Waals surface area contributed by atoms with E-state index in [1.54, 1.807) is 6.20 Å². The molecule has 3 fully saturated rings. The summed E-state index contributed by atoms with van der Waals surface area (Å²) < 4.78 is 1.88. The number of aromatic nitrogens is 5. The minimum absolute atomic E-state index is 0.615. The first-order valence-electron chi connectivity index (χ1n) is 13.3. The Balaban J connectivity index is 1.06. The topological polar surface area (TPSA) is 75.0 Å². The van der Waals surface area contributed by atoms with Crippen molar-refractivity contribution in [3.8, 4) is 11.4 Å². The smallest absolute Gasteiger partial charge is 0.147 e. The van der Waals surface area contributed by atoms with Crippen molar-refractivity contribution in [1.29, 1.82) is 0 Å². The molecular formula is C27H36N8. The fourth-order valence-electron chi connectivity index (χ4n) is 5.48. The maximum Gasteiger partial charge on any atom is 0.147 e. The molecular weight excluding hydrogens is 436 g/mol. The highest BCUT2D eigenvalue weighted by atomic mass is 15.4. The van der Waals surface area contributed by atoms with Crippen molar-refractivity contribution >= 4 is 11.5 Å². The molecule has 2 aromatic heterocycles. The third-order valence-electron chi connectivity index (χ3n) is 7.84. The highest BCUT2D eigenvalue weighted by Gasteiger charge is 2.23. The number of benzene rings is 1. The van der Waals surface area contributed by atoms with E-state index >= 15 is 0 Å². The number of nitrogens with zero attached hydrogens (tertiary/aromatic N) is 7. The van der Waals surface area contributed by atoms with Crippen LogP contribution in [-0.2, 0) is 6.54 Å². The average molecular weight is 473 g/mol. The highest BCUT2D eigenvalue weighted by molar-refractivity contribution is 5.54. The van der Waals surface area contributed by atoms with Crippen molar-refractivity contribution in [3.63, 3.8) is 0 Å². The molecule has 184 valence electrons. The van der Waals surface area contributed by atoms with Gasteiger partial charge in [0.25, 0.3) is 0 Å². The van der Waals surface area contributed by atoms with Crippen LogP contribution in [0.15, 0.2) is 42.9 Å². The molecule has 1 saturated carbocycles. The highest BCUT2D eigenvalue weighted by Crippen LogP contribution is 2.26. The zero-order chi connectivity index (χ0) is 23.5. The Bertz CT molecular complexity index is 1100. The zero-order valence-corrected chi connectivity index (χ0v) is 20.5. The number of rotatable bonds is 8. The molecule has 3 aliphatic rings. The Kier molecular flexibility index (Phi) is 6.62. The molecule has 0 bridgehead atoms. The van der Waals surface area contributed by atoms with E-state index in [1.165, 1.54) is 62.7 Å². The summed E-state index contributed by atoms with van der Waals surface area (Å²) in [5, 5.41) is 12.5. The van der Waals surface area contributed by atoms with E-state index < -0.39 is 0 Å². The van der Waals surface area contributed by atoms with E-state index in [2.05, 4.69) is 54.7 Å². The van der Waals surface area contributed by atoms with Gasteiger partial charge in [-0.05, 0) is 68.7 Å². The van der Waals surface area contributed by atoms with Gasteiger partial charge >= 0.3 is 0 Å². The fourth-order valence-corrected chi connectivity index (χ4v) is 5.48. The van der Waals surface area contributed by atoms with E-state index in [0.717, 1.165) is 49.3 Å². The van der Waals surface area contributed by atoms with E-state index in [9.17, 15) is 0 Å². The molecule has 1 atom stereocenters. The van der Waals surface area contributed by atoms with Gasteiger partial charge in [0.1, 0.15) is 17.2 Å². The predicted molar refractivity (Wildman–Crippen MR) is 139 cm³/mol. The number of piperidine rings is 1. The number of hydrogen-bond acceptors (Lipinski definition) is 7. The van der Waals surface area contributed by atoms with Gasteiger partial charge in [-0.15, -0.1) is 5.10 Å². The molecule has 0 radical (unpaired) electrons. The number of anilines is 2. The van der Waals surface area contributed by atoms with Crippen LogP contribution in [-0.4, -0.2) is 63.7 Å². The first-order valence-corrected chi connectivity index (χ1v) is 13.3. The summed E-state index contributed by atoms with van der Waals surface area (Å²) in [5.41, 5.74) is 4.08. The molecule has 1 aliphatic carbocycles. The van der Waals surface area contributed by atoms with Gasteiger partial charge in [-0.2, -0.15) is 0 Å². The van der Waals surface area contributed by atoms with Crippen molar-refractivity contribution in [2.24, 2.45) is 5.92 Å². The molecule has 4 heterocycles. The molecule has 8 nitrogen and oxygen atoms in total. The van der Waals surface area contributed by atoms with Gasteiger partial charge in [0.05, 0.1) is 25.1 Å². The van der Waals surface area contributed by atoms with Gasteiger partial charge in [-0.1, -0.05) is 23.8 Å². The molecule has 3 aromatic rings. The van der Waals surface area contributed by atoms with Gasteiger partial charge < -0.3 is 15.1 Å². The predicted octanol–water partition coefficient (Wildman–Crippen LogP) is 3.74. The van der Waals surface area contributed by atoms with E-state index in [-0.39, 0.29) is 0 Å². The summed E-state index contributed by atoms with van der Waals surface area (Å²) in [4.78, 5) is 14.0. The van der Waals surface area contributed by atoms with E-state index in [1.807, 2.05) is 17.1 Å². The Morgan fingerprint density at radius 2 is 1.69 bits per heavy atom. The SMILES string of the molecule is c1cc(N2CCCC(NCC3CCC3)C2)ccc1Cn1cc(-c2cncc(N3CCCC3)n2)nn1. The first-order chi connectivity index (χ1) is 17.3. The molecule has 0 amide bonds. The van der Waals surface area contributed by atoms with Crippen LogP contribution in [0.1, 0.15) is 50.5 Å². The van der Waals surface area contributed by atoms with Gasteiger partial charge in [-0.25, -0.2) is 9.67 Å². The lowest BCUT2D eigenvalue weighted by Gasteiger charge is -2.36. The van der Waals surface area contributed by atoms with Crippen LogP contribution in [0, 0.1) is 5.92 Å². The largest absolute Gasteiger partial charge is 0.370 e. The zero-order valence-electron chi connectivity index (χ0n) is 20.5. The quantitative estimate of drug-likeness (QED) is 0.535. The Hall–Kier alpha value is -3.00. The van der Waals surface area contributed by atoms with Gasteiger partial charge in [-0.3, -0.25) is 4.98 Å². The van der Waals surface area contributed by atoms with E-state index in [0.29, 0.717) is 12.6 Å². The minimum atomic E-state index is 0.615. The summed E-state index contributed by atoms with van der Waals surface area (Å²) in [7, 11) is 0. The third kappa shape index (κ3) is 5.32. The number of hydrogen-bond donors (Lipinski definition) is 1. The Morgan fingerprint density at radius 1 is 0.857 bits per heavy atom. The Morgan fingerprint density at radius 3 is 2.49 bits per heavy atom. The standard InChI is InChI=1S/C27H36N8/c1-2-13-33(12-1)27-17-28-16-25(30-27)26-20-35(32-31-26)18-22-8-10-24(11-9-22)34-14-4-7-23(19-34)29-15-21-5-3-6-21/h8-11,16-17,20-21,23,29H,1-7,12-15,18-19H2. The van der Waals surface area contributed by atoms with Crippen LogP contribution >= 0.6 is 0 Å². The molecule has 0 spiro atoms. The maximum absolute atomic E-state index is 4.78. The normalized spacial score (nSPS) is 20.9. The summed E-state index contributed by atoms with van der Waals surface area (Å²) in [5.74, 6) is 1.85. The third-order valence-corrected chi connectivity index (χ3v) is 7.84. The van der Waals surface area contributed by atoms with Gasteiger partial charge in [0.15, 0.2) is 0 Å². The van der Waals surface area contributed by atoms with Crippen molar-refractivity contribution in [2.75, 3.05) is 42.5 Å².